The summed E-state index contributed by atoms with van der Waals surface area (Å²) in [6, 6.07) is 8.52. The van der Waals surface area contributed by atoms with E-state index in [9.17, 15) is 18.3 Å². The zero-order valence-electron chi connectivity index (χ0n) is 16.4. The van der Waals surface area contributed by atoms with Gasteiger partial charge >= 0.3 is 5.97 Å². The molecule has 0 aliphatic heterocycles. The summed E-state index contributed by atoms with van der Waals surface area (Å²) in [5.41, 5.74) is 1.75. The van der Waals surface area contributed by atoms with Crippen molar-refractivity contribution in [3.63, 3.8) is 0 Å². The molecule has 0 bridgehead atoms. The third kappa shape index (κ3) is 3.55. The van der Waals surface area contributed by atoms with Crippen LogP contribution in [-0.2, 0) is 14.8 Å². The molecule has 9 nitrogen and oxygen atoms in total. The molecule has 1 atom stereocenters. The van der Waals surface area contributed by atoms with E-state index >= 15 is 0 Å². The number of hydrogen-bond donors (Lipinski definition) is 2. The zero-order valence-corrected chi connectivity index (χ0v) is 17.2. The standard InChI is InChI=1S/C20H19N3O6S/c1-10(2)18(20(24)25)23-30(26,27)13-5-7-16-15(9-13)14-6-4-12(8-17(14)28-16)19-21-11(3)29-22-19/h4-10,18,23H,1-3H3,(H,24,25). The number of carbonyl (C=O) groups is 1. The lowest BCUT2D eigenvalue weighted by atomic mass is 10.1. The lowest BCUT2D eigenvalue weighted by Gasteiger charge is -2.17. The van der Waals surface area contributed by atoms with E-state index in [-0.39, 0.29) is 4.90 Å². The number of carboxylic acid groups (broad SMARTS) is 1. The average Bonchev–Trinajstić information content (AvgIpc) is 3.27. The second-order valence-corrected chi connectivity index (χ2v) is 9.00. The molecule has 1 unspecified atom stereocenters. The molecule has 156 valence electrons. The fourth-order valence-electron chi connectivity index (χ4n) is 3.19. The molecule has 2 N–H and O–H groups in total. The second kappa shape index (κ2) is 7.22. The normalized spacial score (nSPS) is 13.3. The Hall–Kier alpha value is -3.24. The summed E-state index contributed by atoms with van der Waals surface area (Å²) in [6.07, 6.45) is 0. The summed E-state index contributed by atoms with van der Waals surface area (Å²) < 4.78 is 38.6. The van der Waals surface area contributed by atoms with E-state index in [2.05, 4.69) is 14.9 Å². The molecule has 0 spiro atoms. The van der Waals surface area contributed by atoms with Crippen LogP contribution in [0.4, 0.5) is 0 Å². The number of hydrogen-bond acceptors (Lipinski definition) is 7. The maximum atomic E-state index is 12.8. The lowest BCUT2D eigenvalue weighted by Crippen LogP contribution is -2.44. The first-order chi connectivity index (χ1) is 14.2. The first-order valence-electron chi connectivity index (χ1n) is 9.18. The summed E-state index contributed by atoms with van der Waals surface area (Å²) in [5, 5.41) is 14.5. The van der Waals surface area contributed by atoms with Crippen LogP contribution in [0.2, 0.25) is 0 Å². The van der Waals surface area contributed by atoms with E-state index in [1.54, 1.807) is 45.0 Å². The van der Waals surface area contributed by atoms with Crippen molar-refractivity contribution < 1.29 is 27.3 Å². The molecule has 2 aromatic heterocycles. The van der Waals surface area contributed by atoms with Crippen molar-refractivity contribution in [3.8, 4) is 11.4 Å². The van der Waals surface area contributed by atoms with E-state index in [0.29, 0.717) is 39.2 Å². The maximum Gasteiger partial charge on any atom is 0.322 e. The van der Waals surface area contributed by atoms with E-state index < -0.39 is 28.0 Å². The Morgan fingerprint density at radius 2 is 1.87 bits per heavy atom. The Morgan fingerprint density at radius 3 is 2.50 bits per heavy atom. The quantitative estimate of drug-likeness (QED) is 0.476. The number of benzene rings is 2. The first-order valence-corrected chi connectivity index (χ1v) is 10.7. The summed E-state index contributed by atoms with van der Waals surface area (Å²) in [7, 11) is -4.04. The molecule has 2 aromatic carbocycles. The minimum atomic E-state index is -4.04. The number of rotatable bonds is 6. The van der Waals surface area contributed by atoms with Gasteiger partial charge in [-0.05, 0) is 36.2 Å². The van der Waals surface area contributed by atoms with Gasteiger partial charge in [-0.3, -0.25) is 4.79 Å². The largest absolute Gasteiger partial charge is 0.480 e. The molecule has 2 heterocycles. The van der Waals surface area contributed by atoms with Gasteiger partial charge in [-0.25, -0.2) is 8.42 Å². The van der Waals surface area contributed by atoms with Crippen molar-refractivity contribution in [2.75, 3.05) is 0 Å². The number of aryl methyl sites for hydroxylation is 1. The lowest BCUT2D eigenvalue weighted by molar-refractivity contribution is -0.140. The van der Waals surface area contributed by atoms with Crippen LogP contribution in [0.5, 0.6) is 0 Å². The third-order valence-corrected chi connectivity index (χ3v) is 6.19. The van der Waals surface area contributed by atoms with Crippen LogP contribution in [0, 0.1) is 12.8 Å². The maximum absolute atomic E-state index is 12.8. The highest BCUT2D eigenvalue weighted by molar-refractivity contribution is 7.89. The molecule has 4 rings (SSSR count). The highest BCUT2D eigenvalue weighted by atomic mass is 32.2. The SMILES string of the molecule is Cc1nc(-c2ccc3c(c2)oc2ccc(S(=O)(=O)NC(C(=O)O)C(C)C)cc23)no1. The van der Waals surface area contributed by atoms with E-state index in [0.717, 1.165) is 0 Å². The predicted molar refractivity (Wildman–Crippen MR) is 108 cm³/mol. The van der Waals surface area contributed by atoms with Gasteiger partial charge in [0.15, 0.2) is 0 Å². The van der Waals surface area contributed by atoms with Gasteiger partial charge in [0.25, 0.3) is 0 Å². The number of nitrogens with one attached hydrogen (secondary N) is 1. The topological polar surface area (TPSA) is 136 Å². The average molecular weight is 429 g/mol. The number of carboxylic acids is 1. The van der Waals surface area contributed by atoms with E-state index in [4.69, 9.17) is 8.94 Å². The van der Waals surface area contributed by atoms with Crippen LogP contribution >= 0.6 is 0 Å². The van der Waals surface area contributed by atoms with Crippen molar-refractivity contribution in [3.05, 3.63) is 42.3 Å². The molecule has 0 fully saturated rings. The molecule has 0 amide bonds. The van der Waals surface area contributed by atoms with Gasteiger partial charge in [0, 0.05) is 23.3 Å². The number of aromatic nitrogens is 2. The second-order valence-electron chi connectivity index (χ2n) is 7.29. The van der Waals surface area contributed by atoms with E-state index in [1.807, 2.05) is 0 Å². The highest BCUT2D eigenvalue weighted by Gasteiger charge is 2.28. The Bertz CT molecular complexity index is 1370. The van der Waals surface area contributed by atoms with Gasteiger partial charge in [-0.2, -0.15) is 9.71 Å². The molecule has 0 aliphatic rings. The van der Waals surface area contributed by atoms with Crippen LogP contribution in [-0.4, -0.2) is 35.7 Å². The van der Waals surface area contributed by atoms with Crippen LogP contribution in [0.15, 0.2) is 50.2 Å². The molecule has 0 aliphatic carbocycles. The molecular weight excluding hydrogens is 410 g/mol. The summed E-state index contributed by atoms with van der Waals surface area (Å²) in [4.78, 5) is 15.5. The molecule has 0 saturated heterocycles. The van der Waals surface area contributed by atoms with Gasteiger partial charge in [0.1, 0.15) is 17.2 Å². The first kappa shape index (κ1) is 20.0. The Balaban J connectivity index is 1.76. The fraction of sp³-hybridized carbons (Fsp3) is 0.250. The number of aliphatic carboxylic acids is 1. The Morgan fingerprint density at radius 1 is 1.10 bits per heavy atom. The summed E-state index contributed by atoms with van der Waals surface area (Å²) in [6.45, 7) is 4.97. The van der Waals surface area contributed by atoms with Gasteiger partial charge in [0.05, 0.1) is 4.90 Å². The molecular formula is C20H19N3O6S. The summed E-state index contributed by atoms with van der Waals surface area (Å²) >= 11 is 0. The molecule has 10 heteroatoms. The minimum absolute atomic E-state index is 0.0394. The van der Waals surface area contributed by atoms with Crippen molar-refractivity contribution in [1.82, 2.24) is 14.9 Å². The zero-order chi connectivity index (χ0) is 21.6. The smallest absolute Gasteiger partial charge is 0.322 e. The molecule has 30 heavy (non-hydrogen) atoms. The summed E-state index contributed by atoms with van der Waals surface area (Å²) in [5.74, 6) is -0.774. The van der Waals surface area contributed by atoms with Crippen molar-refractivity contribution in [1.29, 1.82) is 0 Å². The van der Waals surface area contributed by atoms with Gasteiger partial charge in [-0.15, -0.1) is 0 Å². The van der Waals surface area contributed by atoms with Crippen molar-refractivity contribution in [2.24, 2.45) is 5.92 Å². The fourth-order valence-corrected chi connectivity index (χ4v) is 4.55. The number of sulfonamides is 1. The number of furan rings is 1. The van der Waals surface area contributed by atoms with Gasteiger partial charge in [-0.1, -0.05) is 25.1 Å². The van der Waals surface area contributed by atoms with Gasteiger partial charge in [0.2, 0.25) is 21.7 Å². The third-order valence-electron chi connectivity index (χ3n) is 4.75. The van der Waals surface area contributed by atoms with Gasteiger partial charge < -0.3 is 14.0 Å². The highest BCUT2D eigenvalue weighted by Crippen LogP contribution is 2.33. The minimum Gasteiger partial charge on any atom is -0.480 e. The Labute approximate surface area is 171 Å². The molecule has 0 radical (unpaired) electrons. The molecule has 0 saturated carbocycles. The molecule has 4 aromatic rings. The Kier molecular flexibility index (Phi) is 4.83. The van der Waals surface area contributed by atoms with Crippen LogP contribution in [0.1, 0.15) is 19.7 Å². The van der Waals surface area contributed by atoms with Crippen LogP contribution in [0.25, 0.3) is 33.3 Å². The van der Waals surface area contributed by atoms with Crippen molar-refractivity contribution >= 4 is 37.9 Å². The number of fused-ring (bicyclic) bond motifs is 3. The van der Waals surface area contributed by atoms with Crippen LogP contribution in [0.3, 0.4) is 0 Å². The monoisotopic (exact) mass is 429 g/mol. The van der Waals surface area contributed by atoms with Crippen molar-refractivity contribution in [2.45, 2.75) is 31.7 Å². The number of nitrogens with zero attached hydrogens (tertiary/aromatic N) is 2. The van der Waals surface area contributed by atoms with Crippen LogP contribution < -0.4 is 4.72 Å². The van der Waals surface area contributed by atoms with E-state index in [1.165, 1.54) is 12.1 Å². The predicted octanol–water partition coefficient (Wildman–Crippen LogP) is 3.33.